The fraction of sp³-hybridized carbons (Fsp3) is 0.480. The van der Waals surface area contributed by atoms with Gasteiger partial charge in [-0.3, -0.25) is 4.79 Å². The van der Waals surface area contributed by atoms with Gasteiger partial charge in [0, 0.05) is 32.0 Å². The van der Waals surface area contributed by atoms with Gasteiger partial charge in [0.05, 0.1) is 12.5 Å². The van der Waals surface area contributed by atoms with Crippen LogP contribution in [0.1, 0.15) is 44.7 Å². The van der Waals surface area contributed by atoms with Crippen molar-refractivity contribution < 1.29 is 23.7 Å². The van der Waals surface area contributed by atoms with Gasteiger partial charge in [0.1, 0.15) is 24.2 Å². The Morgan fingerprint density at radius 2 is 1.48 bits per heavy atom. The van der Waals surface area contributed by atoms with Crippen LogP contribution in [-0.4, -0.2) is 44.9 Å². The molecule has 5 nitrogen and oxygen atoms in total. The van der Waals surface area contributed by atoms with Gasteiger partial charge in [-0.1, -0.05) is 45.0 Å². The minimum absolute atomic E-state index is 0.178. The van der Waals surface area contributed by atoms with Gasteiger partial charge in [-0.2, -0.15) is 0 Å². The monoisotopic (exact) mass is 448 g/mol. The third kappa shape index (κ3) is 7.75. The number of esters is 1. The van der Waals surface area contributed by atoms with Crippen molar-refractivity contribution in [3.63, 3.8) is 0 Å². The number of hydrogen-bond donors (Lipinski definition) is 0. The molecule has 0 aromatic heterocycles. The van der Waals surface area contributed by atoms with Crippen molar-refractivity contribution in [2.45, 2.75) is 45.1 Å². The zero-order valence-electron chi connectivity index (χ0n) is 18.9. The van der Waals surface area contributed by atoms with E-state index in [-0.39, 0.29) is 23.9 Å². The van der Waals surface area contributed by atoms with E-state index in [1.54, 1.807) is 14.0 Å². The Balaban J connectivity index is 1.96. The van der Waals surface area contributed by atoms with Crippen molar-refractivity contribution >= 4 is 17.6 Å². The molecule has 31 heavy (non-hydrogen) atoms. The predicted molar refractivity (Wildman–Crippen MR) is 123 cm³/mol. The zero-order valence-corrected chi connectivity index (χ0v) is 19.6. The molecule has 6 heteroatoms. The lowest BCUT2D eigenvalue weighted by molar-refractivity contribution is -0.148. The summed E-state index contributed by atoms with van der Waals surface area (Å²) in [6.07, 6.45) is 0.726. The lowest BCUT2D eigenvalue weighted by atomic mass is 9.78. The molecule has 2 aromatic carbocycles. The van der Waals surface area contributed by atoms with Crippen LogP contribution in [0, 0.1) is 0 Å². The normalized spacial score (nSPS) is 12.3. The van der Waals surface area contributed by atoms with Crippen molar-refractivity contribution in [3.05, 3.63) is 59.7 Å². The van der Waals surface area contributed by atoms with Gasteiger partial charge < -0.3 is 18.9 Å². The Morgan fingerprint density at radius 1 is 0.935 bits per heavy atom. The molecule has 1 atom stereocenters. The summed E-state index contributed by atoms with van der Waals surface area (Å²) in [5.41, 5.74) is 2.18. The molecule has 0 saturated carbocycles. The van der Waals surface area contributed by atoms with Crippen LogP contribution in [0.4, 0.5) is 0 Å². The second-order valence-corrected chi connectivity index (χ2v) is 8.11. The molecule has 0 bridgehead atoms. The summed E-state index contributed by atoms with van der Waals surface area (Å²) in [6.45, 7) is 7.68. The molecule has 1 unspecified atom stereocenters. The van der Waals surface area contributed by atoms with E-state index in [2.05, 4.69) is 38.1 Å². The highest BCUT2D eigenvalue weighted by atomic mass is 35.5. The van der Waals surface area contributed by atoms with Gasteiger partial charge in [0.2, 0.25) is 0 Å². The first-order valence-corrected chi connectivity index (χ1v) is 11.1. The minimum atomic E-state index is -0.458. The molecule has 0 heterocycles. The molecule has 2 rings (SSSR count). The Labute approximate surface area is 190 Å². The van der Waals surface area contributed by atoms with Crippen molar-refractivity contribution in [2.75, 3.05) is 32.8 Å². The average Bonchev–Trinajstić information content (AvgIpc) is 2.80. The van der Waals surface area contributed by atoms with E-state index in [0.29, 0.717) is 25.4 Å². The van der Waals surface area contributed by atoms with E-state index in [1.807, 2.05) is 24.3 Å². The van der Waals surface area contributed by atoms with Crippen LogP contribution in [0.25, 0.3) is 0 Å². The quantitative estimate of drug-likeness (QED) is 0.234. The third-order valence-corrected chi connectivity index (χ3v) is 5.45. The van der Waals surface area contributed by atoms with Crippen molar-refractivity contribution in [1.29, 1.82) is 0 Å². The maximum Gasteiger partial charge on any atom is 0.305 e. The van der Waals surface area contributed by atoms with E-state index < -0.39 is 6.10 Å². The smallest absolute Gasteiger partial charge is 0.305 e. The maximum absolute atomic E-state index is 11.4. The molecule has 0 N–H and O–H groups in total. The summed E-state index contributed by atoms with van der Waals surface area (Å²) in [5, 5.41) is 0. The Morgan fingerprint density at radius 3 is 1.97 bits per heavy atom. The van der Waals surface area contributed by atoms with Crippen LogP contribution in [0.15, 0.2) is 48.5 Å². The number of alkyl halides is 1. The maximum atomic E-state index is 11.4. The van der Waals surface area contributed by atoms with Gasteiger partial charge in [-0.15, -0.1) is 11.6 Å². The van der Waals surface area contributed by atoms with Crippen molar-refractivity contribution in [2.24, 2.45) is 0 Å². The summed E-state index contributed by atoms with van der Waals surface area (Å²) in [6, 6.07) is 16.2. The second kappa shape index (κ2) is 12.6. The van der Waals surface area contributed by atoms with Gasteiger partial charge in [0.15, 0.2) is 0 Å². The lowest BCUT2D eigenvalue weighted by Gasteiger charge is -2.26. The molecule has 0 amide bonds. The largest absolute Gasteiger partial charge is 0.494 e. The number of rotatable bonds is 13. The summed E-state index contributed by atoms with van der Waals surface area (Å²) in [5.74, 6) is 1.49. The molecule has 2 aromatic rings. The topological polar surface area (TPSA) is 54.0 Å². The van der Waals surface area contributed by atoms with Crippen LogP contribution in [0.3, 0.4) is 0 Å². The van der Waals surface area contributed by atoms with E-state index >= 15 is 0 Å². The van der Waals surface area contributed by atoms with Crippen LogP contribution >= 0.6 is 11.6 Å². The van der Waals surface area contributed by atoms with E-state index in [4.69, 9.17) is 30.5 Å². The van der Waals surface area contributed by atoms with Crippen molar-refractivity contribution in [1.82, 2.24) is 0 Å². The Bertz CT molecular complexity index is 787. The lowest BCUT2D eigenvalue weighted by Crippen LogP contribution is -2.26. The zero-order chi connectivity index (χ0) is 22.7. The van der Waals surface area contributed by atoms with Gasteiger partial charge in [0.25, 0.3) is 0 Å². The number of benzene rings is 2. The Hall–Kier alpha value is -2.24. The SMILES string of the molecule is CCC(=O)OC(CCl)COc1ccc(C(C)(C)c2ccc(OCCCOC)cc2)cc1. The number of carbonyl (C=O) groups is 1. The molecule has 0 spiro atoms. The second-order valence-electron chi connectivity index (χ2n) is 7.80. The van der Waals surface area contributed by atoms with E-state index in [0.717, 1.165) is 12.2 Å². The van der Waals surface area contributed by atoms with Gasteiger partial charge in [-0.25, -0.2) is 0 Å². The van der Waals surface area contributed by atoms with Crippen LogP contribution in [0.5, 0.6) is 11.5 Å². The molecular weight excluding hydrogens is 416 g/mol. The first-order valence-electron chi connectivity index (χ1n) is 10.6. The molecule has 0 saturated heterocycles. The standard InChI is InChI=1S/C25H33ClO5/c1-5-24(27)31-23(17-26)18-30-22-13-9-20(10-14-22)25(2,3)19-7-11-21(12-8-19)29-16-6-15-28-4/h7-14,23H,5-6,15-18H2,1-4H3. The fourth-order valence-electron chi connectivity index (χ4n) is 3.06. The first kappa shape index (κ1) is 25.0. The third-order valence-electron chi connectivity index (χ3n) is 5.11. The predicted octanol–water partition coefficient (Wildman–Crippen LogP) is 5.37. The molecule has 0 aliphatic carbocycles. The summed E-state index contributed by atoms with van der Waals surface area (Å²) in [4.78, 5) is 11.4. The number of carbonyl (C=O) groups excluding carboxylic acids is 1. The summed E-state index contributed by atoms with van der Waals surface area (Å²) >= 11 is 5.87. The van der Waals surface area contributed by atoms with Gasteiger partial charge >= 0.3 is 5.97 Å². The highest BCUT2D eigenvalue weighted by Gasteiger charge is 2.23. The summed E-state index contributed by atoms with van der Waals surface area (Å²) in [7, 11) is 1.69. The number of methoxy groups -OCH3 is 1. The highest BCUT2D eigenvalue weighted by molar-refractivity contribution is 6.18. The number of ether oxygens (including phenoxy) is 4. The van der Waals surface area contributed by atoms with Crippen LogP contribution in [-0.2, 0) is 19.7 Å². The van der Waals surface area contributed by atoms with Gasteiger partial charge in [-0.05, 0) is 35.4 Å². The van der Waals surface area contributed by atoms with Crippen LogP contribution in [0.2, 0.25) is 0 Å². The molecule has 0 aliphatic heterocycles. The fourth-order valence-corrected chi connectivity index (χ4v) is 3.22. The molecule has 0 aliphatic rings. The van der Waals surface area contributed by atoms with Crippen molar-refractivity contribution in [3.8, 4) is 11.5 Å². The number of hydrogen-bond acceptors (Lipinski definition) is 5. The molecule has 170 valence electrons. The van der Waals surface area contributed by atoms with E-state index in [9.17, 15) is 4.79 Å². The van der Waals surface area contributed by atoms with E-state index in [1.165, 1.54) is 11.1 Å². The number of halogens is 1. The average molecular weight is 449 g/mol. The highest BCUT2D eigenvalue weighted by Crippen LogP contribution is 2.33. The Kier molecular flexibility index (Phi) is 10.2. The van der Waals surface area contributed by atoms with Crippen LogP contribution < -0.4 is 9.47 Å². The first-order chi connectivity index (χ1) is 14.9. The molecule has 0 fully saturated rings. The summed E-state index contributed by atoms with van der Waals surface area (Å²) < 4.78 is 21.8. The minimum Gasteiger partial charge on any atom is -0.494 e. The molecular formula is C25H33ClO5. The molecule has 0 radical (unpaired) electrons.